The van der Waals surface area contributed by atoms with E-state index < -0.39 is 0 Å². The molecule has 1 N–H and O–H groups in total. The molecule has 0 bridgehead atoms. The molecule has 0 saturated heterocycles. The summed E-state index contributed by atoms with van der Waals surface area (Å²) in [6, 6.07) is 9.07. The summed E-state index contributed by atoms with van der Waals surface area (Å²) in [6.07, 6.45) is 2.81. The summed E-state index contributed by atoms with van der Waals surface area (Å²) < 4.78 is 19.5. The third-order valence-electron chi connectivity index (χ3n) is 2.93. The van der Waals surface area contributed by atoms with Crippen molar-refractivity contribution in [1.82, 2.24) is 10.3 Å². The predicted octanol–water partition coefficient (Wildman–Crippen LogP) is 2.93. The van der Waals surface area contributed by atoms with Gasteiger partial charge in [0.15, 0.2) is 0 Å². The monoisotopic (exact) mass is 260 g/mol. The molecule has 0 saturated carbocycles. The second kappa shape index (κ2) is 6.29. The van der Waals surface area contributed by atoms with Crippen molar-refractivity contribution in [3.8, 4) is 5.75 Å². The summed E-state index contributed by atoms with van der Waals surface area (Å²) in [6.45, 7) is 2.50. The highest BCUT2D eigenvalue weighted by molar-refractivity contribution is 5.41. The quantitative estimate of drug-likeness (QED) is 0.897. The summed E-state index contributed by atoms with van der Waals surface area (Å²) in [4.78, 5) is 3.78. The average molecular weight is 260 g/mol. The summed E-state index contributed by atoms with van der Waals surface area (Å²) in [5, 5.41) is 3.13. The number of halogens is 1. The average Bonchev–Trinajstić information content (AvgIpc) is 2.44. The molecule has 0 radical (unpaired) electrons. The molecule has 100 valence electrons. The van der Waals surface area contributed by atoms with Crippen LogP contribution < -0.4 is 10.1 Å². The molecule has 2 aromatic rings. The van der Waals surface area contributed by atoms with Gasteiger partial charge in [0.25, 0.3) is 0 Å². The number of benzene rings is 1. The lowest BCUT2D eigenvalue weighted by Crippen LogP contribution is -2.20. The van der Waals surface area contributed by atoms with Crippen LogP contribution in [-0.4, -0.2) is 18.6 Å². The number of hydrogen-bond donors (Lipinski definition) is 1. The maximum Gasteiger partial charge on any atom is 0.146 e. The Morgan fingerprint density at radius 2 is 2.05 bits per heavy atom. The molecule has 19 heavy (non-hydrogen) atoms. The Bertz CT molecular complexity index is 545. The SMILES string of the molecule is CCOc1ccccc1C(NC)c1ccncc1F. The van der Waals surface area contributed by atoms with Gasteiger partial charge in [0, 0.05) is 17.3 Å². The van der Waals surface area contributed by atoms with Crippen LogP contribution in [0, 0.1) is 5.82 Å². The Hall–Kier alpha value is -1.94. The highest BCUT2D eigenvalue weighted by Gasteiger charge is 2.19. The van der Waals surface area contributed by atoms with Crippen LogP contribution in [0.4, 0.5) is 4.39 Å². The zero-order chi connectivity index (χ0) is 13.7. The molecule has 0 spiro atoms. The van der Waals surface area contributed by atoms with Crippen molar-refractivity contribution >= 4 is 0 Å². The van der Waals surface area contributed by atoms with Crippen LogP contribution in [0.25, 0.3) is 0 Å². The molecule has 0 aliphatic heterocycles. The first-order chi connectivity index (χ1) is 9.27. The van der Waals surface area contributed by atoms with Crippen molar-refractivity contribution in [3.63, 3.8) is 0 Å². The van der Waals surface area contributed by atoms with Gasteiger partial charge >= 0.3 is 0 Å². The molecule has 0 fully saturated rings. The van der Waals surface area contributed by atoms with E-state index >= 15 is 0 Å². The lowest BCUT2D eigenvalue weighted by Gasteiger charge is -2.20. The van der Waals surface area contributed by atoms with Gasteiger partial charge in [-0.25, -0.2) is 4.39 Å². The second-order valence-electron chi connectivity index (χ2n) is 4.09. The van der Waals surface area contributed by atoms with Crippen molar-refractivity contribution < 1.29 is 9.13 Å². The number of para-hydroxylation sites is 1. The number of nitrogens with one attached hydrogen (secondary N) is 1. The first-order valence-corrected chi connectivity index (χ1v) is 6.26. The van der Waals surface area contributed by atoms with Crippen molar-refractivity contribution in [2.75, 3.05) is 13.7 Å². The molecular weight excluding hydrogens is 243 g/mol. The van der Waals surface area contributed by atoms with Gasteiger partial charge in [0.05, 0.1) is 18.8 Å². The van der Waals surface area contributed by atoms with Gasteiger partial charge in [-0.3, -0.25) is 4.98 Å². The van der Waals surface area contributed by atoms with Gasteiger partial charge in [-0.15, -0.1) is 0 Å². The number of rotatable bonds is 5. The van der Waals surface area contributed by atoms with E-state index in [1.54, 1.807) is 19.3 Å². The number of nitrogens with zero attached hydrogens (tertiary/aromatic N) is 1. The molecule has 0 amide bonds. The smallest absolute Gasteiger partial charge is 0.146 e. The largest absolute Gasteiger partial charge is 0.494 e. The fourth-order valence-corrected chi connectivity index (χ4v) is 2.10. The second-order valence-corrected chi connectivity index (χ2v) is 4.09. The third-order valence-corrected chi connectivity index (χ3v) is 2.93. The van der Waals surface area contributed by atoms with E-state index in [9.17, 15) is 4.39 Å². The Balaban J connectivity index is 2.45. The Morgan fingerprint density at radius 1 is 1.26 bits per heavy atom. The third kappa shape index (κ3) is 2.90. The standard InChI is InChI=1S/C15H17FN2O/c1-3-19-14-7-5-4-6-12(14)15(17-2)11-8-9-18-10-13(11)16/h4-10,15,17H,3H2,1-2H3. The maximum absolute atomic E-state index is 13.9. The maximum atomic E-state index is 13.9. The van der Waals surface area contributed by atoms with Gasteiger partial charge in [0.2, 0.25) is 0 Å². The summed E-state index contributed by atoms with van der Waals surface area (Å²) in [7, 11) is 1.80. The minimum atomic E-state index is -0.326. The first-order valence-electron chi connectivity index (χ1n) is 6.26. The predicted molar refractivity (Wildman–Crippen MR) is 72.7 cm³/mol. The Labute approximate surface area is 112 Å². The van der Waals surface area contributed by atoms with Crippen molar-refractivity contribution in [3.05, 3.63) is 59.7 Å². The first kappa shape index (κ1) is 13.5. The van der Waals surface area contributed by atoms with Crippen LogP contribution in [0.2, 0.25) is 0 Å². The van der Waals surface area contributed by atoms with Gasteiger partial charge in [0.1, 0.15) is 11.6 Å². The molecule has 0 aliphatic carbocycles. The van der Waals surface area contributed by atoms with E-state index in [0.29, 0.717) is 12.2 Å². The van der Waals surface area contributed by atoms with Crippen LogP contribution in [0.1, 0.15) is 24.1 Å². The molecule has 2 rings (SSSR count). The molecule has 3 nitrogen and oxygen atoms in total. The van der Waals surface area contributed by atoms with Gasteiger partial charge in [-0.1, -0.05) is 18.2 Å². The van der Waals surface area contributed by atoms with Crippen molar-refractivity contribution in [2.45, 2.75) is 13.0 Å². The number of hydrogen-bond acceptors (Lipinski definition) is 3. The Morgan fingerprint density at radius 3 is 2.74 bits per heavy atom. The van der Waals surface area contributed by atoms with Crippen LogP contribution in [0.15, 0.2) is 42.7 Å². The molecule has 1 aromatic carbocycles. The van der Waals surface area contributed by atoms with E-state index in [2.05, 4.69) is 10.3 Å². The Kier molecular flexibility index (Phi) is 4.47. The van der Waals surface area contributed by atoms with E-state index in [-0.39, 0.29) is 11.9 Å². The normalized spacial score (nSPS) is 12.2. The van der Waals surface area contributed by atoms with Gasteiger partial charge in [-0.05, 0) is 26.1 Å². The highest BCUT2D eigenvalue weighted by Crippen LogP contribution is 2.30. The van der Waals surface area contributed by atoms with E-state index in [4.69, 9.17) is 4.74 Å². The minimum absolute atomic E-state index is 0.259. The fraction of sp³-hybridized carbons (Fsp3) is 0.267. The lowest BCUT2D eigenvalue weighted by molar-refractivity contribution is 0.334. The summed E-state index contributed by atoms with van der Waals surface area (Å²) in [5.74, 6) is 0.439. The summed E-state index contributed by atoms with van der Waals surface area (Å²) in [5.41, 5.74) is 1.47. The van der Waals surface area contributed by atoms with Crippen LogP contribution in [0.3, 0.4) is 0 Å². The van der Waals surface area contributed by atoms with Crippen molar-refractivity contribution in [1.29, 1.82) is 0 Å². The van der Waals surface area contributed by atoms with E-state index in [0.717, 1.165) is 11.3 Å². The zero-order valence-corrected chi connectivity index (χ0v) is 11.1. The minimum Gasteiger partial charge on any atom is -0.494 e. The number of pyridine rings is 1. The molecule has 0 aliphatic rings. The van der Waals surface area contributed by atoms with Crippen LogP contribution in [0.5, 0.6) is 5.75 Å². The lowest BCUT2D eigenvalue weighted by atomic mass is 9.98. The molecule has 1 aromatic heterocycles. The molecule has 1 unspecified atom stereocenters. The van der Waals surface area contributed by atoms with E-state index in [1.807, 2.05) is 31.2 Å². The summed E-state index contributed by atoms with van der Waals surface area (Å²) >= 11 is 0. The van der Waals surface area contributed by atoms with Crippen LogP contribution >= 0.6 is 0 Å². The van der Waals surface area contributed by atoms with Gasteiger partial charge in [-0.2, -0.15) is 0 Å². The topological polar surface area (TPSA) is 34.1 Å². The zero-order valence-electron chi connectivity index (χ0n) is 11.1. The van der Waals surface area contributed by atoms with Crippen LogP contribution in [-0.2, 0) is 0 Å². The van der Waals surface area contributed by atoms with Gasteiger partial charge < -0.3 is 10.1 Å². The fourth-order valence-electron chi connectivity index (χ4n) is 2.10. The van der Waals surface area contributed by atoms with E-state index in [1.165, 1.54) is 6.20 Å². The number of ether oxygens (including phenoxy) is 1. The molecular formula is C15H17FN2O. The van der Waals surface area contributed by atoms with Crippen molar-refractivity contribution in [2.24, 2.45) is 0 Å². The molecule has 1 atom stereocenters. The molecule has 1 heterocycles. The highest BCUT2D eigenvalue weighted by atomic mass is 19.1. The number of aromatic nitrogens is 1. The molecule has 4 heteroatoms.